The van der Waals surface area contributed by atoms with Crippen LogP contribution in [0, 0.1) is 5.92 Å². The fourth-order valence-electron chi connectivity index (χ4n) is 3.19. The first-order chi connectivity index (χ1) is 10.3. The van der Waals surface area contributed by atoms with Crippen LogP contribution in [-0.4, -0.2) is 60.1 Å². The molecule has 2 fully saturated rings. The van der Waals surface area contributed by atoms with E-state index < -0.39 is 0 Å². The van der Waals surface area contributed by atoms with Crippen molar-refractivity contribution in [1.29, 1.82) is 0 Å². The third-order valence-electron chi connectivity index (χ3n) is 4.31. The average molecular weight is 289 g/mol. The number of likely N-dealkylation sites (tertiary alicyclic amines) is 1. The Hall–Kier alpha value is -1.46. The molecular weight excluding hydrogens is 266 g/mol. The Morgan fingerprint density at radius 2 is 2.19 bits per heavy atom. The van der Waals surface area contributed by atoms with Gasteiger partial charge in [-0.1, -0.05) is 6.07 Å². The second kappa shape index (κ2) is 7.00. The second-order valence-electron chi connectivity index (χ2n) is 5.87. The predicted octanol–water partition coefficient (Wildman–Crippen LogP) is 1.15. The summed E-state index contributed by atoms with van der Waals surface area (Å²) in [6.45, 7) is 5.68. The summed E-state index contributed by atoms with van der Waals surface area (Å²) in [4.78, 5) is 21.1. The summed E-state index contributed by atoms with van der Waals surface area (Å²) in [5.41, 5.74) is 1.22. The zero-order valence-electron chi connectivity index (χ0n) is 12.4. The number of ether oxygens (including phenoxy) is 1. The normalized spacial score (nSPS) is 24.0. The predicted molar refractivity (Wildman–Crippen MR) is 79.6 cm³/mol. The van der Waals surface area contributed by atoms with Gasteiger partial charge in [0, 0.05) is 38.6 Å². The van der Waals surface area contributed by atoms with Gasteiger partial charge in [-0.25, -0.2) is 0 Å². The van der Waals surface area contributed by atoms with Gasteiger partial charge < -0.3 is 9.64 Å². The van der Waals surface area contributed by atoms with E-state index in [1.54, 1.807) is 6.20 Å². The number of morpholine rings is 1. The molecule has 3 heterocycles. The van der Waals surface area contributed by atoms with Gasteiger partial charge in [-0.3, -0.25) is 14.7 Å². The molecule has 0 aromatic carbocycles. The molecule has 0 radical (unpaired) electrons. The maximum atomic E-state index is 12.6. The van der Waals surface area contributed by atoms with Crippen molar-refractivity contribution in [3.05, 3.63) is 30.1 Å². The number of carbonyl (C=O) groups excluding carboxylic acids is 1. The van der Waals surface area contributed by atoms with Crippen LogP contribution >= 0.6 is 0 Å². The number of rotatable bonds is 3. The number of amides is 1. The molecule has 21 heavy (non-hydrogen) atoms. The Balaban J connectivity index is 1.56. The van der Waals surface area contributed by atoms with Gasteiger partial charge >= 0.3 is 0 Å². The molecule has 2 saturated heterocycles. The van der Waals surface area contributed by atoms with E-state index in [9.17, 15) is 4.79 Å². The van der Waals surface area contributed by atoms with E-state index in [-0.39, 0.29) is 5.92 Å². The first-order valence-corrected chi connectivity index (χ1v) is 7.81. The molecule has 2 aliphatic heterocycles. The minimum atomic E-state index is 0.147. The Labute approximate surface area is 125 Å². The van der Waals surface area contributed by atoms with Crippen LogP contribution in [-0.2, 0) is 16.1 Å². The third kappa shape index (κ3) is 3.80. The fourth-order valence-corrected chi connectivity index (χ4v) is 3.19. The van der Waals surface area contributed by atoms with Crippen molar-refractivity contribution in [2.45, 2.75) is 19.4 Å². The van der Waals surface area contributed by atoms with Gasteiger partial charge in [0.15, 0.2) is 0 Å². The highest BCUT2D eigenvalue weighted by Crippen LogP contribution is 2.21. The number of nitrogens with zero attached hydrogens (tertiary/aromatic N) is 3. The summed E-state index contributed by atoms with van der Waals surface area (Å²) in [6, 6.07) is 4.07. The molecule has 0 bridgehead atoms. The quantitative estimate of drug-likeness (QED) is 0.837. The van der Waals surface area contributed by atoms with Crippen LogP contribution < -0.4 is 0 Å². The lowest BCUT2D eigenvalue weighted by Gasteiger charge is -2.36. The average Bonchev–Trinajstić information content (AvgIpc) is 2.56. The summed E-state index contributed by atoms with van der Waals surface area (Å²) in [5, 5.41) is 0. The van der Waals surface area contributed by atoms with E-state index in [0.29, 0.717) is 19.1 Å². The first-order valence-electron chi connectivity index (χ1n) is 7.81. The molecule has 1 unspecified atom stereocenters. The highest BCUT2D eigenvalue weighted by Gasteiger charge is 2.29. The van der Waals surface area contributed by atoms with Gasteiger partial charge in [0.05, 0.1) is 19.1 Å². The van der Waals surface area contributed by atoms with Crippen LogP contribution in [0.3, 0.4) is 0 Å². The lowest BCUT2D eigenvalue weighted by atomic mass is 9.96. The van der Waals surface area contributed by atoms with Gasteiger partial charge in [-0.2, -0.15) is 0 Å². The molecule has 1 amide bonds. The summed E-state index contributed by atoms with van der Waals surface area (Å²) >= 11 is 0. The van der Waals surface area contributed by atoms with Crippen molar-refractivity contribution >= 4 is 5.91 Å². The van der Waals surface area contributed by atoms with E-state index in [1.807, 2.05) is 17.2 Å². The van der Waals surface area contributed by atoms with Gasteiger partial charge in [0.1, 0.15) is 0 Å². The molecule has 5 nitrogen and oxygen atoms in total. The standard InChI is InChI=1S/C16H23N3O2/c20-16(19-7-9-21-10-8-19)15-4-2-6-18(13-15)12-14-3-1-5-17-11-14/h1,3,5,11,15H,2,4,6-10,12-13H2. The number of pyridine rings is 1. The second-order valence-corrected chi connectivity index (χ2v) is 5.87. The van der Waals surface area contributed by atoms with Crippen molar-refractivity contribution in [2.75, 3.05) is 39.4 Å². The zero-order chi connectivity index (χ0) is 14.5. The van der Waals surface area contributed by atoms with Crippen LogP contribution in [0.4, 0.5) is 0 Å². The van der Waals surface area contributed by atoms with E-state index in [2.05, 4.69) is 16.0 Å². The van der Waals surface area contributed by atoms with Crippen molar-refractivity contribution in [2.24, 2.45) is 5.92 Å². The smallest absolute Gasteiger partial charge is 0.227 e. The van der Waals surface area contributed by atoms with Gasteiger partial charge in [0.2, 0.25) is 5.91 Å². The molecule has 2 aliphatic rings. The van der Waals surface area contributed by atoms with Gasteiger partial charge in [0.25, 0.3) is 0 Å². The Morgan fingerprint density at radius 1 is 1.33 bits per heavy atom. The molecule has 0 aliphatic carbocycles. The van der Waals surface area contributed by atoms with Crippen LogP contribution in [0.15, 0.2) is 24.5 Å². The van der Waals surface area contributed by atoms with Crippen LogP contribution in [0.1, 0.15) is 18.4 Å². The highest BCUT2D eigenvalue weighted by molar-refractivity contribution is 5.79. The molecule has 1 aromatic rings. The molecule has 0 saturated carbocycles. The van der Waals surface area contributed by atoms with Gasteiger partial charge in [-0.05, 0) is 31.0 Å². The van der Waals surface area contributed by atoms with Crippen LogP contribution in [0.2, 0.25) is 0 Å². The number of piperidine rings is 1. The van der Waals surface area contributed by atoms with E-state index in [4.69, 9.17) is 4.74 Å². The van der Waals surface area contributed by atoms with Crippen LogP contribution in [0.25, 0.3) is 0 Å². The SMILES string of the molecule is O=C(C1CCCN(Cc2cccnc2)C1)N1CCOCC1. The van der Waals surface area contributed by atoms with Crippen molar-refractivity contribution in [3.63, 3.8) is 0 Å². The van der Waals surface area contributed by atoms with E-state index in [0.717, 1.165) is 45.6 Å². The summed E-state index contributed by atoms with van der Waals surface area (Å²) < 4.78 is 5.33. The molecular formula is C16H23N3O2. The molecule has 1 atom stereocenters. The summed E-state index contributed by atoms with van der Waals surface area (Å²) in [6.07, 6.45) is 5.82. The largest absolute Gasteiger partial charge is 0.378 e. The van der Waals surface area contributed by atoms with Crippen molar-refractivity contribution in [3.8, 4) is 0 Å². The maximum absolute atomic E-state index is 12.6. The van der Waals surface area contributed by atoms with E-state index in [1.165, 1.54) is 5.56 Å². The molecule has 0 spiro atoms. The lowest BCUT2D eigenvalue weighted by Crippen LogP contribution is -2.48. The van der Waals surface area contributed by atoms with Gasteiger partial charge in [-0.15, -0.1) is 0 Å². The minimum Gasteiger partial charge on any atom is -0.378 e. The summed E-state index contributed by atoms with van der Waals surface area (Å²) in [7, 11) is 0. The number of aromatic nitrogens is 1. The molecule has 3 rings (SSSR count). The highest BCUT2D eigenvalue weighted by atomic mass is 16.5. The maximum Gasteiger partial charge on any atom is 0.227 e. The van der Waals surface area contributed by atoms with Crippen LogP contribution in [0.5, 0.6) is 0 Å². The Kier molecular flexibility index (Phi) is 4.83. The fraction of sp³-hybridized carbons (Fsp3) is 0.625. The van der Waals surface area contributed by atoms with E-state index >= 15 is 0 Å². The first kappa shape index (κ1) is 14.5. The Morgan fingerprint density at radius 3 is 2.95 bits per heavy atom. The topological polar surface area (TPSA) is 45.7 Å². The number of carbonyl (C=O) groups is 1. The number of hydrogen-bond acceptors (Lipinski definition) is 4. The lowest BCUT2D eigenvalue weighted by molar-refractivity contribution is -0.141. The monoisotopic (exact) mass is 289 g/mol. The third-order valence-corrected chi connectivity index (χ3v) is 4.31. The van der Waals surface area contributed by atoms with Crippen molar-refractivity contribution < 1.29 is 9.53 Å². The number of hydrogen-bond donors (Lipinski definition) is 0. The zero-order valence-corrected chi connectivity index (χ0v) is 12.4. The molecule has 5 heteroatoms. The van der Waals surface area contributed by atoms with Crippen molar-refractivity contribution in [1.82, 2.24) is 14.8 Å². The molecule has 114 valence electrons. The molecule has 1 aromatic heterocycles. The molecule has 0 N–H and O–H groups in total. The summed E-state index contributed by atoms with van der Waals surface area (Å²) in [5.74, 6) is 0.461. The Bertz CT molecular complexity index is 460. The minimum absolute atomic E-state index is 0.147.